The van der Waals surface area contributed by atoms with Crippen LogP contribution in [-0.2, 0) is 6.61 Å². The van der Waals surface area contributed by atoms with Crippen molar-refractivity contribution in [2.45, 2.75) is 19.6 Å². The van der Waals surface area contributed by atoms with Crippen LogP contribution in [0.25, 0.3) is 0 Å². The number of aliphatic hydroxyl groups is 1. The fraction of sp³-hybridized carbons (Fsp3) is 0.250. The highest BCUT2D eigenvalue weighted by Gasteiger charge is 2.11. The van der Waals surface area contributed by atoms with Crippen molar-refractivity contribution in [3.63, 3.8) is 0 Å². The van der Waals surface area contributed by atoms with Crippen molar-refractivity contribution in [3.05, 3.63) is 57.8 Å². The molecule has 21 heavy (non-hydrogen) atoms. The average Bonchev–Trinajstić information content (AvgIpc) is 2.48. The minimum Gasteiger partial charge on any atom is -0.493 e. The second-order valence-corrected chi connectivity index (χ2v) is 5.38. The maximum atomic E-state index is 13.4. The normalized spacial score (nSPS) is 12.0. The van der Waals surface area contributed by atoms with E-state index in [9.17, 15) is 9.50 Å². The predicted octanol–water partition coefficient (Wildman–Crippen LogP) is 4.23. The summed E-state index contributed by atoms with van der Waals surface area (Å²) in [4.78, 5) is 0. The molecule has 0 aliphatic rings. The van der Waals surface area contributed by atoms with Gasteiger partial charge in [-0.1, -0.05) is 18.2 Å². The molecule has 0 aliphatic carbocycles. The lowest BCUT2D eigenvalue weighted by molar-refractivity contribution is 0.198. The third kappa shape index (κ3) is 3.74. The minimum absolute atomic E-state index is 0.211. The topological polar surface area (TPSA) is 38.7 Å². The third-order valence-electron chi connectivity index (χ3n) is 3.08. The fourth-order valence-corrected chi connectivity index (χ4v) is 2.26. The highest BCUT2D eigenvalue weighted by atomic mass is 79.9. The summed E-state index contributed by atoms with van der Waals surface area (Å²) >= 11 is 3.20. The molecule has 112 valence electrons. The number of ether oxygens (including phenoxy) is 2. The monoisotopic (exact) mass is 354 g/mol. The Morgan fingerprint density at radius 1 is 1.24 bits per heavy atom. The molecule has 0 saturated heterocycles. The van der Waals surface area contributed by atoms with Crippen molar-refractivity contribution in [1.29, 1.82) is 0 Å². The van der Waals surface area contributed by atoms with E-state index >= 15 is 0 Å². The van der Waals surface area contributed by atoms with Crippen LogP contribution in [0.2, 0.25) is 0 Å². The first-order chi connectivity index (χ1) is 10.0. The zero-order valence-corrected chi connectivity index (χ0v) is 13.4. The van der Waals surface area contributed by atoms with Crippen LogP contribution in [0.3, 0.4) is 0 Å². The van der Waals surface area contributed by atoms with Gasteiger partial charge in [0.25, 0.3) is 0 Å². The summed E-state index contributed by atoms with van der Waals surface area (Å²) in [6.45, 7) is 1.89. The molecule has 0 spiro atoms. The van der Waals surface area contributed by atoms with Gasteiger partial charge in [0.05, 0.1) is 17.7 Å². The van der Waals surface area contributed by atoms with Gasteiger partial charge in [0.1, 0.15) is 12.4 Å². The largest absolute Gasteiger partial charge is 0.493 e. The number of methoxy groups -OCH3 is 1. The van der Waals surface area contributed by atoms with Gasteiger partial charge in [0, 0.05) is 5.56 Å². The number of halogens is 2. The van der Waals surface area contributed by atoms with Gasteiger partial charge in [-0.15, -0.1) is 0 Å². The van der Waals surface area contributed by atoms with E-state index in [1.54, 1.807) is 37.3 Å². The van der Waals surface area contributed by atoms with E-state index in [1.807, 2.05) is 0 Å². The minimum atomic E-state index is -0.578. The van der Waals surface area contributed by atoms with Gasteiger partial charge in [0.15, 0.2) is 11.5 Å². The number of benzene rings is 2. The molecule has 0 unspecified atom stereocenters. The standard InChI is InChI=1S/C16H16BrFO3/c1-10(19)11-6-7-14(15(8-11)20-2)21-9-12-4-3-5-13(18)16(12)17/h3-8,10,19H,9H2,1-2H3/t10-/m0/s1. The van der Waals surface area contributed by atoms with Crippen LogP contribution >= 0.6 is 15.9 Å². The zero-order valence-electron chi connectivity index (χ0n) is 11.8. The molecule has 0 fully saturated rings. The Labute approximate surface area is 131 Å². The Morgan fingerprint density at radius 3 is 2.67 bits per heavy atom. The Hall–Kier alpha value is -1.59. The molecule has 1 N–H and O–H groups in total. The van der Waals surface area contributed by atoms with Crippen LogP contribution in [0.5, 0.6) is 11.5 Å². The Bertz CT molecular complexity index is 629. The molecule has 0 bridgehead atoms. The lowest BCUT2D eigenvalue weighted by Crippen LogP contribution is -2.00. The second kappa shape index (κ2) is 6.91. The highest BCUT2D eigenvalue weighted by molar-refractivity contribution is 9.10. The Kier molecular flexibility index (Phi) is 5.20. The van der Waals surface area contributed by atoms with E-state index in [-0.39, 0.29) is 12.4 Å². The molecule has 1 atom stereocenters. The van der Waals surface area contributed by atoms with E-state index in [4.69, 9.17) is 9.47 Å². The maximum Gasteiger partial charge on any atom is 0.161 e. The van der Waals surface area contributed by atoms with Crippen LogP contribution < -0.4 is 9.47 Å². The summed E-state index contributed by atoms with van der Waals surface area (Å²) in [6.07, 6.45) is -0.578. The first-order valence-electron chi connectivity index (χ1n) is 6.44. The van der Waals surface area contributed by atoms with Crippen molar-refractivity contribution in [2.75, 3.05) is 7.11 Å². The van der Waals surface area contributed by atoms with E-state index in [0.29, 0.717) is 21.5 Å². The average molecular weight is 355 g/mol. The van der Waals surface area contributed by atoms with Gasteiger partial charge < -0.3 is 14.6 Å². The van der Waals surface area contributed by atoms with Crippen molar-refractivity contribution < 1.29 is 19.0 Å². The summed E-state index contributed by atoms with van der Waals surface area (Å²) < 4.78 is 24.8. The summed E-state index contributed by atoms with van der Waals surface area (Å²) in [5, 5.41) is 9.57. The van der Waals surface area contributed by atoms with Crippen molar-refractivity contribution in [3.8, 4) is 11.5 Å². The van der Waals surface area contributed by atoms with Crippen molar-refractivity contribution in [1.82, 2.24) is 0 Å². The Balaban J connectivity index is 2.18. The third-order valence-corrected chi connectivity index (χ3v) is 3.97. The molecule has 0 heterocycles. The molecule has 2 aromatic carbocycles. The van der Waals surface area contributed by atoms with Crippen LogP contribution in [0, 0.1) is 5.82 Å². The number of aliphatic hydroxyl groups excluding tert-OH is 1. The van der Waals surface area contributed by atoms with Crippen LogP contribution in [0.4, 0.5) is 4.39 Å². The molecule has 3 nitrogen and oxygen atoms in total. The lowest BCUT2D eigenvalue weighted by atomic mass is 10.1. The van der Waals surface area contributed by atoms with Crippen LogP contribution in [0.1, 0.15) is 24.2 Å². The molecule has 0 aliphatic heterocycles. The first-order valence-corrected chi connectivity index (χ1v) is 7.24. The van der Waals surface area contributed by atoms with E-state index in [0.717, 1.165) is 5.56 Å². The van der Waals surface area contributed by atoms with Gasteiger partial charge in [-0.3, -0.25) is 0 Å². The molecule has 2 aromatic rings. The second-order valence-electron chi connectivity index (χ2n) is 4.59. The number of hydrogen-bond acceptors (Lipinski definition) is 3. The van der Waals surface area contributed by atoms with Gasteiger partial charge in [-0.05, 0) is 46.6 Å². The SMILES string of the molecule is COc1cc([C@H](C)O)ccc1OCc1cccc(F)c1Br. The zero-order chi connectivity index (χ0) is 15.4. The van der Waals surface area contributed by atoms with E-state index in [1.165, 1.54) is 13.2 Å². The first kappa shape index (κ1) is 15.8. The van der Waals surface area contributed by atoms with E-state index in [2.05, 4.69) is 15.9 Å². The molecule has 0 aromatic heterocycles. The lowest BCUT2D eigenvalue weighted by Gasteiger charge is -2.14. The maximum absolute atomic E-state index is 13.4. The van der Waals surface area contributed by atoms with Gasteiger partial charge in [-0.2, -0.15) is 0 Å². The molecule has 0 saturated carbocycles. The van der Waals surface area contributed by atoms with Crippen molar-refractivity contribution in [2.24, 2.45) is 0 Å². The molecular formula is C16H16BrFO3. The van der Waals surface area contributed by atoms with Gasteiger partial charge in [0.2, 0.25) is 0 Å². The predicted molar refractivity (Wildman–Crippen MR) is 82.1 cm³/mol. The number of rotatable bonds is 5. The molecule has 5 heteroatoms. The Morgan fingerprint density at radius 2 is 2.00 bits per heavy atom. The smallest absolute Gasteiger partial charge is 0.161 e. The van der Waals surface area contributed by atoms with Gasteiger partial charge >= 0.3 is 0 Å². The molecule has 2 rings (SSSR count). The summed E-state index contributed by atoms with van der Waals surface area (Å²) in [6, 6.07) is 10.0. The number of hydrogen-bond donors (Lipinski definition) is 1. The quantitative estimate of drug-likeness (QED) is 0.873. The van der Waals surface area contributed by atoms with Gasteiger partial charge in [-0.25, -0.2) is 4.39 Å². The summed E-state index contributed by atoms with van der Waals surface area (Å²) in [7, 11) is 1.53. The van der Waals surface area contributed by atoms with E-state index < -0.39 is 6.10 Å². The summed E-state index contributed by atoms with van der Waals surface area (Å²) in [5.41, 5.74) is 1.45. The molecule has 0 amide bonds. The molecular weight excluding hydrogens is 339 g/mol. The van der Waals surface area contributed by atoms with Crippen LogP contribution in [-0.4, -0.2) is 12.2 Å². The highest BCUT2D eigenvalue weighted by Crippen LogP contribution is 2.31. The molecule has 0 radical (unpaired) electrons. The van der Waals surface area contributed by atoms with Crippen molar-refractivity contribution >= 4 is 15.9 Å². The van der Waals surface area contributed by atoms with Crippen LogP contribution in [0.15, 0.2) is 40.9 Å². The fourth-order valence-electron chi connectivity index (χ4n) is 1.88. The summed E-state index contributed by atoms with van der Waals surface area (Å²) in [5.74, 6) is 0.742.